The minimum absolute atomic E-state index is 0.0398. The second-order valence-electron chi connectivity index (χ2n) is 9.90. The third-order valence-corrected chi connectivity index (χ3v) is 7.36. The lowest BCUT2D eigenvalue weighted by Gasteiger charge is -2.40. The Morgan fingerprint density at radius 2 is 1.57 bits per heavy atom. The van der Waals surface area contributed by atoms with Crippen LogP contribution in [0.2, 0.25) is 0 Å². The van der Waals surface area contributed by atoms with Crippen molar-refractivity contribution in [3.05, 3.63) is 101 Å². The van der Waals surface area contributed by atoms with Gasteiger partial charge >= 0.3 is 0 Å². The smallest absolute Gasteiger partial charge is 0.207 e. The van der Waals surface area contributed by atoms with E-state index in [1.54, 1.807) is 12.3 Å². The molecule has 0 saturated carbocycles. The van der Waals surface area contributed by atoms with Crippen LogP contribution in [0.4, 0.5) is 4.39 Å². The van der Waals surface area contributed by atoms with Crippen LogP contribution in [0.15, 0.2) is 83.6 Å². The summed E-state index contributed by atoms with van der Waals surface area (Å²) < 4.78 is 43.0. The van der Waals surface area contributed by atoms with E-state index >= 15 is 4.39 Å². The molecule has 204 valence electrons. The number of aromatic nitrogens is 3. The van der Waals surface area contributed by atoms with Gasteiger partial charge in [-0.25, -0.2) is 14.4 Å². The van der Waals surface area contributed by atoms with Crippen molar-refractivity contribution < 1.29 is 23.3 Å². The number of halogens is 2. The summed E-state index contributed by atoms with van der Waals surface area (Å²) in [6, 6.07) is 22.8. The van der Waals surface area contributed by atoms with Crippen LogP contribution < -0.4 is 14.2 Å². The minimum Gasteiger partial charge on any atom is -0.493 e. The Morgan fingerprint density at radius 3 is 2.15 bits per heavy atom. The lowest BCUT2D eigenvalue weighted by molar-refractivity contribution is -0.0868. The van der Waals surface area contributed by atoms with Crippen LogP contribution in [0.5, 0.6) is 17.2 Å². The predicted molar refractivity (Wildman–Crippen MR) is 153 cm³/mol. The van der Waals surface area contributed by atoms with Crippen molar-refractivity contribution in [1.82, 2.24) is 14.5 Å². The molecule has 0 unspecified atom stereocenters. The molecule has 0 N–H and O–H groups in total. The van der Waals surface area contributed by atoms with Crippen LogP contribution in [0.1, 0.15) is 18.1 Å². The summed E-state index contributed by atoms with van der Waals surface area (Å²) in [5, 5.41) is 0. The molecule has 2 aromatic heterocycles. The van der Waals surface area contributed by atoms with Gasteiger partial charge < -0.3 is 23.5 Å². The summed E-state index contributed by atoms with van der Waals surface area (Å²) in [7, 11) is 1.53. The van der Waals surface area contributed by atoms with Gasteiger partial charge in [0.2, 0.25) is 11.5 Å². The molecule has 0 aliphatic carbocycles. The first-order valence-electron chi connectivity index (χ1n) is 12.8. The quantitative estimate of drug-likeness (QED) is 0.170. The monoisotopic (exact) mass is 603 g/mol. The average molecular weight is 604 g/mol. The molecule has 1 fully saturated rings. The minimum atomic E-state index is -0.591. The fourth-order valence-electron chi connectivity index (χ4n) is 4.84. The van der Waals surface area contributed by atoms with Crippen LogP contribution in [0, 0.1) is 5.82 Å². The zero-order valence-corrected chi connectivity index (χ0v) is 23.7. The van der Waals surface area contributed by atoms with E-state index in [2.05, 4.69) is 27.8 Å². The molecule has 0 atom stereocenters. The largest absolute Gasteiger partial charge is 0.493 e. The van der Waals surface area contributed by atoms with Gasteiger partial charge in [0, 0.05) is 0 Å². The van der Waals surface area contributed by atoms with Gasteiger partial charge in [0.05, 0.1) is 43.1 Å². The van der Waals surface area contributed by atoms with Gasteiger partial charge in [-0.3, -0.25) is 0 Å². The number of ether oxygens (including phenoxy) is 4. The van der Waals surface area contributed by atoms with Crippen LogP contribution >= 0.6 is 15.9 Å². The van der Waals surface area contributed by atoms with Gasteiger partial charge in [-0.2, -0.15) is 0 Å². The summed E-state index contributed by atoms with van der Waals surface area (Å²) in [4.78, 5) is 9.15. The number of benzene rings is 3. The van der Waals surface area contributed by atoms with Crippen molar-refractivity contribution in [3.8, 4) is 28.6 Å². The number of hydrogen-bond donors (Lipinski definition) is 0. The molecule has 1 aliphatic heterocycles. The molecule has 0 radical (unpaired) electrons. The van der Waals surface area contributed by atoms with Gasteiger partial charge in [-0.05, 0) is 46.1 Å². The van der Waals surface area contributed by atoms with Crippen molar-refractivity contribution in [2.75, 3.05) is 20.3 Å². The Hall–Kier alpha value is -3.95. The molecule has 40 heavy (non-hydrogen) atoms. The molecular formula is C31H27BrFN3O4. The molecule has 9 heteroatoms. The summed E-state index contributed by atoms with van der Waals surface area (Å²) in [6.45, 7) is 3.37. The van der Waals surface area contributed by atoms with Crippen LogP contribution in [-0.4, -0.2) is 34.9 Å². The van der Waals surface area contributed by atoms with E-state index in [0.29, 0.717) is 34.9 Å². The zero-order valence-electron chi connectivity index (χ0n) is 22.1. The first-order chi connectivity index (χ1) is 19.5. The number of hydrogen-bond acceptors (Lipinski definition) is 6. The van der Waals surface area contributed by atoms with E-state index in [1.807, 2.05) is 71.3 Å². The predicted octanol–water partition coefficient (Wildman–Crippen LogP) is 6.91. The van der Waals surface area contributed by atoms with E-state index in [4.69, 9.17) is 23.9 Å². The zero-order chi connectivity index (χ0) is 27.7. The Balaban J connectivity index is 1.51. The maximum Gasteiger partial charge on any atom is 0.207 e. The number of pyridine rings is 1. The second-order valence-corrected chi connectivity index (χ2v) is 10.7. The Morgan fingerprint density at radius 1 is 0.950 bits per heavy atom. The Kier molecular flexibility index (Phi) is 7.16. The summed E-state index contributed by atoms with van der Waals surface area (Å²) in [5.74, 6) is 0.321. The molecular weight excluding hydrogens is 577 g/mol. The lowest BCUT2D eigenvalue weighted by Crippen LogP contribution is -2.49. The molecule has 1 saturated heterocycles. The summed E-state index contributed by atoms with van der Waals surface area (Å²) >= 11 is 3.46. The number of nitrogens with zero attached hydrogens (tertiary/aromatic N) is 3. The standard InChI is InChI=1S/C31H27BrFN3O4/c1-31(18-38-19-31)36-24-14-26(32)34-15-23(24)35-30(36)22-13-25(37-2)28(39-16-20-9-5-3-6-10-20)29(27(22)33)40-17-21-11-7-4-8-12-21/h3-15H,16-19H2,1-2H3. The van der Waals surface area contributed by atoms with E-state index in [0.717, 1.165) is 16.6 Å². The van der Waals surface area contributed by atoms with Gasteiger partial charge in [0.25, 0.3) is 0 Å². The summed E-state index contributed by atoms with van der Waals surface area (Å²) in [6.07, 6.45) is 1.67. The number of rotatable bonds is 9. The van der Waals surface area contributed by atoms with Gasteiger partial charge in [0.1, 0.15) is 29.2 Å². The van der Waals surface area contributed by atoms with Crippen molar-refractivity contribution in [3.63, 3.8) is 0 Å². The first kappa shape index (κ1) is 26.3. The molecule has 0 amide bonds. The highest BCUT2D eigenvalue weighted by molar-refractivity contribution is 9.10. The van der Waals surface area contributed by atoms with Gasteiger partial charge in [-0.15, -0.1) is 0 Å². The molecule has 7 nitrogen and oxygen atoms in total. The molecule has 0 bridgehead atoms. The summed E-state index contributed by atoms with van der Waals surface area (Å²) in [5.41, 5.74) is 3.09. The highest BCUT2D eigenvalue weighted by Gasteiger charge is 2.40. The third-order valence-electron chi connectivity index (χ3n) is 6.93. The Bertz CT molecular complexity index is 1660. The maximum absolute atomic E-state index is 16.7. The molecule has 3 aromatic carbocycles. The normalized spacial score (nSPS) is 14.1. The molecule has 3 heterocycles. The van der Waals surface area contributed by atoms with E-state index < -0.39 is 11.4 Å². The Labute approximate surface area is 239 Å². The number of methoxy groups -OCH3 is 1. The van der Waals surface area contributed by atoms with Gasteiger partial charge in [-0.1, -0.05) is 60.7 Å². The maximum atomic E-state index is 16.7. The van der Waals surface area contributed by atoms with E-state index in [1.165, 1.54) is 7.11 Å². The van der Waals surface area contributed by atoms with Gasteiger partial charge in [0.15, 0.2) is 11.6 Å². The van der Waals surface area contributed by atoms with Crippen molar-refractivity contribution in [2.24, 2.45) is 0 Å². The number of imidazole rings is 1. The van der Waals surface area contributed by atoms with Crippen molar-refractivity contribution >= 4 is 27.0 Å². The third kappa shape index (κ3) is 4.91. The molecule has 0 spiro atoms. The molecule has 6 rings (SSSR count). The van der Waals surface area contributed by atoms with Crippen molar-refractivity contribution in [2.45, 2.75) is 25.7 Å². The SMILES string of the molecule is COc1cc(-c2nc3cnc(Br)cc3n2C2(C)COC2)c(F)c(OCc2ccccc2)c1OCc1ccccc1. The molecule has 5 aromatic rings. The highest BCUT2D eigenvalue weighted by Crippen LogP contribution is 2.47. The first-order valence-corrected chi connectivity index (χ1v) is 13.6. The van der Waals surface area contributed by atoms with Crippen LogP contribution in [-0.2, 0) is 23.5 Å². The highest BCUT2D eigenvalue weighted by atomic mass is 79.9. The van der Waals surface area contributed by atoms with Crippen LogP contribution in [0.25, 0.3) is 22.4 Å². The average Bonchev–Trinajstić information content (AvgIpc) is 3.34. The lowest BCUT2D eigenvalue weighted by atomic mass is 9.98. The topological polar surface area (TPSA) is 67.6 Å². The molecule has 1 aliphatic rings. The van der Waals surface area contributed by atoms with Crippen LogP contribution in [0.3, 0.4) is 0 Å². The van der Waals surface area contributed by atoms with E-state index in [-0.39, 0.29) is 30.3 Å². The van der Waals surface area contributed by atoms with E-state index in [9.17, 15) is 0 Å². The number of fused-ring (bicyclic) bond motifs is 1. The van der Waals surface area contributed by atoms with Crippen molar-refractivity contribution in [1.29, 1.82) is 0 Å². The fraction of sp³-hybridized carbons (Fsp3) is 0.226. The second kappa shape index (κ2) is 10.9. The fourth-order valence-corrected chi connectivity index (χ4v) is 5.16.